The van der Waals surface area contributed by atoms with E-state index in [0.29, 0.717) is 22.4 Å². The minimum atomic E-state index is -0.562. The Morgan fingerprint density at radius 3 is 2.67 bits per heavy atom. The van der Waals surface area contributed by atoms with Crippen molar-refractivity contribution in [1.82, 2.24) is 0 Å². The summed E-state index contributed by atoms with van der Waals surface area (Å²) in [5.74, 6) is 0.618. The molecule has 15 heavy (non-hydrogen) atoms. The molecule has 2 rings (SSSR count). The van der Waals surface area contributed by atoms with Crippen molar-refractivity contribution in [1.29, 1.82) is 0 Å². The van der Waals surface area contributed by atoms with Crippen LogP contribution in [0.5, 0.6) is 0 Å². The Balaban J connectivity index is 2.15. The molecule has 1 N–H and O–H groups in total. The van der Waals surface area contributed by atoms with Crippen LogP contribution < -0.4 is 0 Å². The largest absolute Gasteiger partial charge is 0.390 e. The van der Waals surface area contributed by atoms with E-state index < -0.39 is 5.60 Å². The fraction of sp³-hybridized carbons (Fsp3) is 0.500. The third-order valence-electron chi connectivity index (χ3n) is 3.01. The lowest BCUT2D eigenvalue weighted by atomic mass is 9.69. The first-order chi connectivity index (χ1) is 7.00. The van der Waals surface area contributed by atoms with Gasteiger partial charge in [-0.3, -0.25) is 0 Å². The molecular weight excluding hydrogens is 231 g/mol. The molecule has 0 bridgehead atoms. The number of benzene rings is 1. The molecule has 1 aromatic carbocycles. The van der Waals surface area contributed by atoms with E-state index in [1.165, 1.54) is 0 Å². The summed E-state index contributed by atoms with van der Waals surface area (Å²) >= 11 is 12.0. The molecule has 0 unspecified atom stereocenters. The number of hydrogen-bond acceptors (Lipinski definition) is 1. The second-order valence-electron chi connectivity index (χ2n) is 4.63. The third-order valence-corrected chi connectivity index (χ3v) is 3.87. The van der Waals surface area contributed by atoms with Gasteiger partial charge in [0, 0.05) is 6.42 Å². The Labute approximate surface area is 100 Å². The SMILES string of the molecule is CC1CC(O)(Cc2cccc(Cl)c2Cl)C1. The van der Waals surface area contributed by atoms with Gasteiger partial charge >= 0.3 is 0 Å². The molecule has 1 saturated carbocycles. The first-order valence-electron chi connectivity index (χ1n) is 5.15. The smallest absolute Gasteiger partial charge is 0.0693 e. The van der Waals surface area contributed by atoms with Crippen LogP contribution in [0.3, 0.4) is 0 Å². The molecule has 1 aliphatic carbocycles. The number of rotatable bonds is 2. The van der Waals surface area contributed by atoms with Crippen LogP contribution in [-0.2, 0) is 6.42 Å². The summed E-state index contributed by atoms with van der Waals surface area (Å²) in [4.78, 5) is 0. The Hall–Kier alpha value is -0.240. The molecule has 1 aromatic rings. The predicted octanol–water partition coefficient (Wildman–Crippen LogP) is 3.70. The van der Waals surface area contributed by atoms with Gasteiger partial charge in [0.25, 0.3) is 0 Å². The second-order valence-corrected chi connectivity index (χ2v) is 5.41. The molecule has 0 aliphatic heterocycles. The Kier molecular flexibility index (Phi) is 2.98. The van der Waals surface area contributed by atoms with Gasteiger partial charge in [-0.25, -0.2) is 0 Å². The van der Waals surface area contributed by atoms with E-state index in [0.717, 1.165) is 18.4 Å². The van der Waals surface area contributed by atoms with Crippen LogP contribution in [0.4, 0.5) is 0 Å². The lowest BCUT2D eigenvalue weighted by molar-refractivity contribution is -0.0665. The molecule has 0 atom stereocenters. The van der Waals surface area contributed by atoms with Crippen molar-refractivity contribution >= 4 is 23.2 Å². The number of aliphatic hydroxyl groups is 1. The molecule has 0 amide bonds. The maximum absolute atomic E-state index is 10.1. The fourth-order valence-electron chi connectivity index (χ4n) is 2.42. The monoisotopic (exact) mass is 244 g/mol. The van der Waals surface area contributed by atoms with Crippen molar-refractivity contribution in [3.05, 3.63) is 33.8 Å². The van der Waals surface area contributed by atoms with E-state index in [4.69, 9.17) is 23.2 Å². The minimum absolute atomic E-state index is 0.560. The molecule has 0 radical (unpaired) electrons. The standard InChI is InChI=1S/C12H14Cl2O/c1-8-5-12(15,6-8)7-9-3-2-4-10(13)11(9)14/h2-4,8,15H,5-7H2,1H3. The van der Waals surface area contributed by atoms with Crippen molar-refractivity contribution in [2.45, 2.75) is 31.8 Å². The first kappa shape index (κ1) is 11.3. The van der Waals surface area contributed by atoms with Gasteiger partial charge in [0.05, 0.1) is 15.6 Å². The molecule has 0 heterocycles. The van der Waals surface area contributed by atoms with Crippen LogP contribution in [0.25, 0.3) is 0 Å². The van der Waals surface area contributed by atoms with Crippen LogP contribution in [0, 0.1) is 5.92 Å². The molecule has 1 nitrogen and oxygen atoms in total. The molecular formula is C12H14Cl2O. The fourth-order valence-corrected chi connectivity index (χ4v) is 2.81. The van der Waals surface area contributed by atoms with Gasteiger partial charge in [0.15, 0.2) is 0 Å². The molecule has 1 fully saturated rings. The van der Waals surface area contributed by atoms with Crippen LogP contribution in [0.2, 0.25) is 10.0 Å². The maximum atomic E-state index is 10.1. The molecule has 3 heteroatoms. The Bertz CT molecular complexity index is 370. The second kappa shape index (κ2) is 3.97. The lowest BCUT2D eigenvalue weighted by Gasteiger charge is -2.42. The van der Waals surface area contributed by atoms with Gasteiger partial charge in [-0.05, 0) is 30.4 Å². The summed E-state index contributed by atoms with van der Waals surface area (Å²) in [5.41, 5.74) is 0.381. The van der Waals surface area contributed by atoms with Crippen LogP contribution in [0.1, 0.15) is 25.3 Å². The normalized spacial score (nSPS) is 30.0. The Morgan fingerprint density at radius 2 is 2.07 bits per heavy atom. The summed E-state index contributed by atoms with van der Waals surface area (Å²) in [6.45, 7) is 2.15. The first-order valence-corrected chi connectivity index (χ1v) is 5.91. The third kappa shape index (κ3) is 2.30. The van der Waals surface area contributed by atoms with Gasteiger partial charge < -0.3 is 5.11 Å². The quantitative estimate of drug-likeness (QED) is 0.842. The molecule has 0 aromatic heterocycles. The predicted molar refractivity (Wildman–Crippen MR) is 63.5 cm³/mol. The van der Waals surface area contributed by atoms with Crippen molar-refractivity contribution in [2.24, 2.45) is 5.92 Å². The summed E-state index contributed by atoms with van der Waals surface area (Å²) in [6.07, 6.45) is 2.32. The highest BCUT2D eigenvalue weighted by Crippen LogP contribution is 2.41. The van der Waals surface area contributed by atoms with Crippen molar-refractivity contribution < 1.29 is 5.11 Å². The molecule has 1 aliphatic rings. The lowest BCUT2D eigenvalue weighted by Crippen LogP contribution is -2.44. The van der Waals surface area contributed by atoms with Gasteiger partial charge in [-0.1, -0.05) is 42.3 Å². The van der Waals surface area contributed by atoms with Gasteiger partial charge in [0.1, 0.15) is 0 Å². The van der Waals surface area contributed by atoms with Gasteiger partial charge in [-0.15, -0.1) is 0 Å². The van der Waals surface area contributed by atoms with Gasteiger partial charge in [-0.2, -0.15) is 0 Å². The van der Waals surface area contributed by atoms with E-state index in [9.17, 15) is 5.11 Å². The van der Waals surface area contributed by atoms with Crippen LogP contribution >= 0.6 is 23.2 Å². The summed E-state index contributed by atoms with van der Waals surface area (Å²) < 4.78 is 0. The highest BCUT2D eigenvalue weighted by molar-refractivity contribution is 6.42. The Morgan fingerprint density at radius 1 is 1.40 bits per heavy atom. The van der Waals surface area contributed by atoms with E-state index >= 15 is 0 Å². The minimum Gasteiger partial charge on any atom is -0.390 e. The zero-order valence-electron chi connectivity index (χ0n) is 8.63. The van der Waals surface area contributed by atoms with Gasteiger partial charge in [0.2, 0.25) is 0 Å². The van der Waals surface area contributed by atoms with Crippen molar-refractivity contribution in [3.8, 4) is 0 Å². The van der Waals surface area contributed by atoms with Crippen LogP contribution in [0.15, 0.2) is 18.2 Å². The van der Waals surface area contributed by atoms with Crippen LogP contribution in [-0.4, -0.2) is 10.7 Å². The average Bonchev–Trinajstić information content (AvgIpc) is 2.11. The molecule has 82 valence electrons. The van der Waals surface area contributed by atoms with Crippen molar-refractivity contribution in [3.63, 3.8) is 0 Å². The van der Waals surface area contributed by atoms with E-state index in [-0.39, 0.29) is 0 Å². The number of halogens is 2. The highest BCUT2D eigenvalue weighted by Gasteiger charge is 2.40. The molecule has 0 spiro atoms. The zero-order chi connectivity index (χ0) is 11.1. The number of hydrogen-bond donors (Lipinski definition) is 1. The summed E-state index contributed by atoms with van der Waals surface area (Å²) in [7, 11) is 0. The maximum Gasteiger partial charge on any atom is 0.0693 e. The van der Waals surface area contributed by atoms with E-state index in [1.807, 2.05) is 12.1 Å². The topological polar surface area (TPSA) is 20.2 Å². The summed E-state index contributed by atoms with van der Waals surface area (Å²) in [6, 6.07) is 5.56. The summed E-state index contributed by atoms with van der Waals surface area (Å²) in [5, 5.41) is 11.3. The average molecular weight is 245 g/mol. The highest BCUT2D eigenvalue weighted by atomic mass is 35.5. The molecule has 0 saturated heterocycles. The van der Waals surface area contributed by atoms with E-state index in [2.05, 4.69) is 6.92 Å². The van der Waals surface area contributed by atoms with Crippen molar-refractivity contribution in [2.75, 3.05) is 0 Å². The van der Waals surface area contributed by atoms with E-state index in [1.54, 1.807) is 6.07 Å². The zero-order valence-corrected chi connectivity index (χ0v) is 10.1.